The van der Waals surface area contributed by atoms with Crippen molar-refractivity contribution in [1.82, 2.24) is 16.2 Å². The molecule has 2 rings (SSSR count). The molecule has 0 aliphatic carbocycles. The second-order valence-corrected chi connectivity index (χ2v) is 4.52. The highest BCUT2D eigenvalue weighted by Crippen LogP contribution is 2.15. The first-order valence-electron chi connectivity index (χ1n) is 6.75. The maximum Gasteiger partial charge on any atom is 0.327 e. The van der Waals surface area contributed by atoms with E-state index in [1.54, 1.807) is 12.1 Å². The van der Waals surface area contributed by atoms with Crippen LogP contribution in [0.2, 0.25) is 0 Å². The van der Waals surface area contributed by atoms with Crippen LogP contribution in [0.3, 0.4) is 0 Å². The number of benzene rings is 1. The quantitative estimate of drug-likeness (QED) is 0.557. The highest BCUT2D eigenvalue weighted by Gasteiger charge is 2.17. The second-order valence-electron chi connectivity index (χ2n) is 4.52. The first kappa shape index (κ1) is 17.0. The molecule has 126 valence electrons. The van der Waals surface area contributed by atoms with Crippen molar-refractivity contribution in [3.05, 3.63) is 53.7 Å². The summed E-state index contributed by atoms with van der Waals surface area (Å²) in [7, 11) is 1.36. The molecule has 2 aromatic rings. The van der Waals surface area contributed by atoms with Gasteiger partial charge in [-0.3, -0.25) is 25.2 Å². The van der Waals surface area contributed by atoms with Gasteiger partial charge in [0.05, 0.1) is 25.5 Å². The number of hydrogen-bond donors (Lipinski definition) is 3. The van der Waals surface area contributed by atoms with Gasteiger partial charge in [-0.1, -0.05) is 0 Å². The van der Waals surface area contributed by atoms with Gasteiger partial charge in [-0.05, 0) is 24.3 Å². The molecule has 0 radical (unpaired) electrons. The summed E-state index contributed by atoms with van der Waals surface area (Å²) in [5.74, 6) is -3.14. The van der Waals surface area contributed by atoms with E-state index >= 15 is 0 Å². The zero-order valence-corrected chi connectivity index (χ0v) is 12.6. The number of furan rings is 1. The van der Waals surface area contributed by atoms with Gasteiger partial charge in [0.25, 0.3) is 5.91 Å². The van der Waals surface area contributed by atoms with Gasteiger partial charge >= 0.3 is 11.8 Å². The Labute approximate surface area is 135 Å². The van der Waals surface area contributed by atoms with Crippen molar-refractivity contribution < 1.29 is 27.9 Å². The minimum atomic E-state index is -1.11. The predicted octanol–water partition coefficient (Wildman–Crippen LogP) is 0.505. The molecule has 0 aliphatic heterocycles. The molecule has 1 heterocycles. The third kappa shape index (κ3) is 4.32. The number of nitrogens with one attached hydrogen (secondary N) is 3. The third-order valence-electron chi connectivity index (χ3n) is 2.92. The van der Waals surface area contributed by atoms with E-state index in [1.165, 1.54) is 25.5 Å². The van der Waals surface area contributed by atoms with Crippen molar-refractivity contribution in [3.63, 3.8) is 0 Å². The summed E-state index contributed by atoms with van der Waals surface area (Å²) >= 11 is 0. The Morgan fingerprint density at radius 1 is 1.17 bits per heavy atom. The first-order chi connectivity index (χ1) is 11.5. The maximum atomic E-state index is 13.7. The zero-order chi connectivity index (χ0) is 17.5. The van der Waals surface area contributed by atoms with Crippen LogP contribution in [0.25, 0.3) is 0 Å². The number of carbonyl (C=O) groups is 3. The molecule has 3 amide bonds. The summed E-state index contributed by atoms with van der Waals surface area (Å²) in [5, 5.41) is 2.29. The van der Waals surface area contributed by atoms with Gasteiger partial charge in [0.15, 0.2) is 0 Å². The van der Waals surface area contributed by atoms with Crippen LogP contribution in [0.4, 0.5) is 4.39 Å². The Hall–Kier alpha value is -3.36. The maximum absolute atomic E-state index is 13.7. The summed E-state index contributed by atoms with van der Waals surface area (Å²) in [4.78, 5) is 34.9. The Morgan fingerprint density at radius 2 is 1.96 bits per heavy atom. The lowest BCUT2D eigenvalue weighted by Gasteiger charge is -2.08. The molecule has 3 N–H and O–H groups in total. The monoisotopic (exact) mass is 335 g/mol. The van der Waals surface area contributed by atoms with E-state index in [9.17, 15) is 18.8 Å². The normalized spacial score (nSPS) is 9.92. The fraction of sp³-hybridized carbons (Fsp3) is 0.133. The summed E-state index contributed by atoms with van der Waals surface area (Å²) < 4.78 is 23.5. The highest BCUT2D eigenvalue weighted by molar-refractivity contribution is 6.35. The lowest BCUT2D eigenvalue weighted by molar-refractivity contribution is -0.139. The number of hydrazine groups is 1. The molecule has 0 unspecified atom stereocenters. The number of ether oxygens (including phenoxy) is 1. The molecule has 24 heavy (non-hydrogen) atoms. The topological polar surface area (TPSA) is 110 Å². The van der Waals surface area contributed by atoms with Gasteiger partial charge in [0.2, 0.25) is 0 Å². The SMILES string of the molecule is COc1ccc(C(=O)NNC(=O)C(=O)NCc2ccco2)c(F)c1. The third-order valence-corrected chi connectivity index (χ3v) is 2.92. The molecule has 1 aromatic carbocycles. The molecular weight excluding hydrogens is 321 g/mol. The smallest absolute Gasteiger partial charge is 0.327 e. The fourth-order valence-electron chi connectivity index (χ4n) is 1.71. The summed E-state index contributed by atoms with van der Waals surface area (Å²) in [5.41, 5.74) is 3.52. The number of hydrogen-bond acceptors (Lipinski definition) is 5. The Morgan fingerprint density at radius 3 is 2.58 bits per heavy atom. The van der Waals surface area contributed by atoms with Crippen LogP contribution < -0.4 is 20.9 Å². The van der Waals surface area contributed by atoms with Crippen molar-refractivity contribution in [1.29, 1.82) is 0 Å². The fourth-order valence-corrected chi connectivity index (χ4v) is 1.71. The molecule has 0 atom stereocenters. The van der Waals surface area contributed by atoms with Gasteiger partial charge in [0, 0.05) is 6.07 Å². The zero-order valence-electron chi connectivity index (χ0n) is 12.6. The molecule has 8 nitrogen and oxygen atoms in total. The molecular formula is C15H14FN3O5. The standard InChI is InChI=1S/C15H14FN3O5/c1-23-9-4-5-11(12(16)7-9)13(20)18-19-15(22)14(21)17-8-10-3-2-6-24-10/h2-7H,8H2,1H3,(H,17,21)(H,18,20)(H,19,22). The van der Waals surface area contributed by atoms with Crippen LogP contribution in [0.15, 0.2) is 41.0 Å². The van der Waals surface area contributed by atoms with Crippen molar-refractivity contribution >= 4 is 17.7 Å². The molecule has 0 spiro atoms. The summed E-state index contributed by atoms with van der Waals surface area (Å²) in [6.07, 6.45) is 1.42. The van der Waals surface area contributed by atoms with Gasteiger partial charge in [-0.15, -0.1) is 0 Å². The predicted molar refractivity (Wildman–Crippen MR) is 79.1 cm³/mol. The Kier molecular flexibility index (Phi) is 5.50. The van der Waals surface area contributed by atoms with E-state index in [4.69, 9.17) is 9.15 Å². The molecule has 9 heteroatoms. The van der Waals surface area contributed by atoms with E-state index in [0.717, 1.165) is 6.07 Å². The summed E-state index contributed by atoms with van der Waals surface area (Å²) in [6.45, 7) is 0.0142. The molecule has 1 aromatic heterocycles. The largest absolute Gasteiger partial charge is 0.497 e. The van der Waals surface area contributed by atoms with E-state index in [1.807, 2.05) is 10.9 Å². The van der Waals surface area contributed by atoms with Crippen LogP contribution in [-0.2, 0) is 16.1 Å². The molecule has 0 saturated heterocycles. The van der Waals surface area contributed by atoms with Gasteiger partial charge in [-0.25, -0.2) is 4.39 Å². The number of rotatable bonds is 4. The van der Waals surface area contributed by atoms with Crippen LogP contribution in [0.5, 0.6) is 5.75 Å². The van der Waals surface area contributed by atoms with Crippen molar-refractivity contribution in [3.8, 4) is 5.75 Å². The van der Waals surface area contributed by atoms with Gasteiger partial charge < -0.3 is 14.5 Å². The lowest BCUT2D eigenvalue weighted by Crippen LogP contribution is -2.48. The van der Waals surface area contributed by atoms with Crippen LogP contribution >= 0.6 is 0 Å². The van der Waals surface area contributed by atoms with E-state index in [0.29, 0.717) is 5.76 Å². The number of amides is 3. The van der Waals surface area contributed by atoms with Crippen molar-refractivity contribution in [2.24, 2.45) is 0 Å². The number of halogens is 1. The summed E-state index contributed by atoms with van der Waals surface area (Å²) in [6, 6.07) is 6.84. The van der Waals surface area contributed by atoms with Crippen LogP contribution in [0.1, 0.15) is 16.1 Å². The first-order valence-corrected chi connectivity index (χ1v) is 6.75. The molecule has 0 aliphatic rings. The van der Waals surface area contributed by atoms with Crippen molar-refractivity contribution in [2.75, 3.05) is 7.11 Å². The minimum Gasteiger partial charge on any atom is -0.497 e. The van der Waals surface area contributed by atoms with Crippen LogP contribution in [0, 0.1) is 5.82 Å². The van der Waals surface area contributed by atoms with E-state index in [-0.39, 0.29) is 17.9 Å². The second kappa shape index (κ2) is 7.77. The minimum absolute atomic E-state index is 0.0142. The lowest BCUT2D eigenvalue weighted by atomic mass is 10.2. The van der Waals surface area contributed by atoms with E-state index < -0.39 is 23.5 Å². The average molecular weight is 335 g/mol. The Balaban J connectivity index is 1.84. The van der Waals surface area contributed by atoms with Crippen molar-refractivity contribution in [2.45, 2.75) is 6.54 Å². The van der Waals surface area contributed by atoms with Crippen LogP contribution in [-0.4, -0.2) is 24.8 Å². The molecule has 0 bridgehead atoms. The Bertz CT molecular complexity index is 746. The molecule has 0 fully saturated rings. The number of methoxy groups -OCH3 is 1. The average Bonchev–Trinajstić information content (AvgIpc) is 3.10. The van der Waals surface area contributed by atoms with Gasteiger partial charge in [-0.2, -0.15) is 0 Å². The highest BCUT2D eigenvalue weighted by atomic mass is 19.1. The van der Waals surface area contributed by atoms with E-state index in [2.05, 4.69) is 5.32 Å². The molecule has 0 saturated carbocycles. The van der Waals surface area contributed by atoms with Gasteiger partial charge in [0.1, 0.15) is 17.3 Å². The number of carbonyl (C=O) groups excluding carboxylic acids is 3.